The standard InChI is InChI=1S/C76H147NO5/c1-3-5-7-9-11-13-15-17-19-21-23-24-25-27-30-33-36-40-44-48-52-56-60-64-68-74(79)73(72-78)77-75(80)69-65-61-57-53-49-45-41-37-34-31-28-26-29-32-35-39-43-47-51-55-59-63-67-71-82-76(81)70-66-62-58-54-50-46-42-38-22-20-18-16-14-12-10-8-6-4-2/h31,34,64,68,73-74,78-79H,3-30,32-33,35-63,65-67,69-72H2,1-2H3,(H,77,80)/b34-31-,68-64+. The van der Waals surface area contributed by atoms with Crippen molar-refractivity contribution < 1.29 is 24.5 Å². The molecule has 0 aromatic heterocycles. The monoisotopic (exact) mass is 1150 g/mol. The van der Waals surface area contributed by atoms with Gasteiger partial charge in [-0.05, 0) is 57.8 Å². The SMILES string of the molecule is CCCCCCCCCCCCCCCCCCCCCCCC/C=C/C(O)C(CO)NC(=O)CCCCCCCCC/C=C\CCCCCCCCCCCCCCOC(=O)CCCCCCCCCCCCCCCCCCCC. The molecule has 0 spiro atoms. The van der Waals surface area contributed by atoms with Crippen LogP contribution in [0.15, 0.2) is 24.3 Å². The van der Waals surface area contributed by atoms with Crippen LogP contribution in [0.3, 0.4) is 0 Å². The highest BCUT2D eigenvalue weighted by molar-refractivity contribution is 5.76. The van der Waals surface area contributed by atoms with Crippen LogP contribution in [0.5, 0.6) is 0 Å². The molecule has 82 heavy (non-hydrogen) atoms. The zero-order valence-corrected chi connectivity index (χ0v) is 55.8. The third kappa shape index (κ3) is 67.5. The maximum Gasteiger partial charge on any atom is 0.305 e. The lowest BCUT2D eigenvalue weighted by molar-refractivity contribution is -0.143. The molecule has 6 nitrogen and oxygen atoms in total. The molecule has 0 saturated carbocycles. The molecule has 0 aromatic carbocycles. The molecule has 0 aliphatic carbocycles. The van der Waals surface area contributed by atoms with Crippen molar-refractivity contribution >= 4 is 11.9 Å². The molecule has 0 saturated heterocycles. The molecular formula is C76H147NO5. The van der Waals surface area contributed by atoms with E-state index in [1.54, 1.807) is 6.08 Å². The number of esters is 1. The van der Waals surface area contributed by atoms with Gasteiger partial charge in [0.15, 0.2) is 0 Å². The van der Waals surface area contributed by atoms with Crippen molar-refractivity contribution in [1.29, 1.82) is 0 Å². The summed E-state index contributed by atoms with van der Waals surface area (Å²) in [6, 6.07) is -0.634. The fourth-order valence-electron chi connectivity index (χ4n) is 12.0. The first-order chi connectivity index (χ1) is 40.5. The predicted molar refractivity (Wildman–Crippen MR) is 361 cm³/mol. The van der Waals surface area contributed by atoms with Crippen LogP contribution < -0.4 is 5.32 Å². The van der Waals surface area contributed by atoms with E-state index >= 15 is 0 Å². The Morgan fingerprint density at radius 2 is 0.573 bits per heavy atom. The maximum absolute atomic E-state index is 12.5. The summed E-state index contributed by atoms with van der Waals surface area (Å²) in [6.07, 6.45) is 91.3. The molecular weight excluding hydrogens is 1010 g/mol. The molecule has 486 valence electrons. The summed E-state index contributed by atoms with van der Waals surface area (Å²) in [5, 5.41) is 23.3. The van der Waals surface area contributed by atoms with E-state index in [-0.39, 0.29) is 18.5 Å². The lowest BCUT2D eigenvalue weighted by atomic mass is 10.0. The minimum atomic E-state index is -0.850. The Kier molecular flexibility index (Phi) is 70.4. The average Bonchev–Trinajstić information content (AvgIpc) is 3.48. The quantitative estimate of drug-likeness (QED) is 0.0320. The lowest BCUT2D eigenvalue weighted by Crippen LogP contribution is -2.45. The van der Waals surface area contributed by atoms with Crippen molar-refractivity contribution in [3.63, 3.8) is 0 Å². The minimum Gasteiger partial charge on any atom is -0.466 e. The van der Waals surface area contributed by atoms with Crippen LogP contribution >= 0.6 is 0 Å². The van der Waals surface area contributed by atoms with Gasteiger partial charge in [0.1, 0.15) is 0 Å². The Labute approximate surface area is 513 Å². The summed E-state index contributed by atoms with van der Waals surface area (Å²) in [4.78, 5) is 24.7. The van der Waals surface area contributed by atoms with Gasteiger partial charge in [-0.2, -0.15) is 0 Å². The van der Waals surface area contributed by atoms with E-state index in [2.05, 4.69) is 31.3 Å². The Hall–Kier alpha value is -1.66. The second kappa shape index (κ2) is 71.8. The Morgan fingerprint density at radius 1 is 0.329 bits per heavy atom. The normalized spacial score (nSPS) is 12.6. The van der Waals surface area contributed by atoms with Crippen LogP contribution in [-0.4, -0.2) is 47.4 Å². The zero-order chi connectivity index (χ0) is 59.2. The van der Waals surface area contributed by atoms with Gasteiger partial charge in [0, 0.05) is 12.8 Å². The smallest absolute Gasteiger partial charge is 0.305 e. The van der Waals surface area contributed by atoms with Crippen LogP contribution in [0.25, 0.3) is 0 Å². The largest absolute Gasteiger partial charge is 0.466 e. The van der Waals surface area contributed by atoms with Crippen LogP contribution in [-0.2, 0) is 14.3 Å². The molecule has 2 atom stereocenters. The number of allylic oxidation sites excluding steroid dienone is 3. The van der Waals surface area contributed by atoms with Crippen LogP contribution in [0.2, 0.25) is 0 Å². The second-order valence-electron chi connectivity index (χ2n) is 26.0. The van der Waals surface area contributed by atoms with Gasteiger partial charge in [-0.25, -0.2) is 0 Å². The van der Waals surface area contributed by atoms with Crippen molar-refractivity contribution in [3.8, 4) is 0 Å². The van der Waals surface area contributed by atoms with Crippen molar-refractivity contribution in [3.05, 3.63) is 24.3 Å². The second-order valence-corrected chi connectivity index (χ2v) is 26.0. The molecule has 0 rings (SSSR count). The van der Waals surface area contributed by atoms with Gasteiger partial charge in [-0.1, -0.05) is 378 Å². The fourth-order valence-corrected chi connectivity index (χ4v) is 12.0. The van der Waals surface area contributed by atoms with Crippen molar-refractivity contribution in [2.45, 2.75) is 437 Å². The topological polar surface area (TPSA) is 95.9 Å². The van der Waals surface area contributed by atoms with Gasteiger partial charge in [0.25, 0.3) is 0 Å². The summed E-state index contributed by atoms with van der Waals surface area (Å²) in [5.74, 6) is -0.0530. The van der Waals surface area contributed by atoms with E-state index in [9.17, 15) is 19.8 Å². The third-order valence-electron chi connectivity index (χ3n) is 17.7. The van der Waals surface area contributed by atoms with E-state index in [1.807, 2.05) is 6.08 Å². The Bertz CT molecular complexity index is 1280. The first-order valence-corrected chi connectivity index (χ1v) is 37.6. The van der Waals surface area contributed by atoms with Crippen LogP contribution in [0.1, 0.15) is 425 Å². The molecule has 0 aromatic rings. The van der Waals surface area contributed by atoms with Crippen molar-refractivity contribution in [2.75, 3.05) is 13.2 Å². The molecule has 2 unspecified atom stereocenters. The number of rotatable bonds is 71. The fraction of sp³-hybridized carbons (Fsp3) is 0.921. The summed E-state index contributed by atoms with van der Waals surface area (Å²) in [6.45, 7) is 4.95. The number of nitrogens with one attached hydrogen (secondary N) is 1. The highest BCUT2D eigenvalue weighted by Crippen LogP contribution is 2.19. The van der Waals surface area contributed by atoms with Crippen LogP contribution in [0, 0.1) is 0 Å². The summed E-state index contributed by atoms with van der Waals surface area (Å²) in [5.41, 5.74) is 0. The van der Waals surface area contributed by atoms with Gasteiger partial charge in [-0.15, -0.1) is 0 Å². The summed E-state index contributed by atoms with van der Waals surface area (Å²) in [7, 11) is 0. The molecule has 1 amide bonds. The third-order valence-corrected chi connectivity index (χ3v) is 17.7. The maximum atomic E-state index is 12.5. The Morgan fingerprint density at radius 3 is 0.866 bits per heavy atom. The molecule has 0 heterocycles. The number of amides is 1. The Balaban J connectivity index is 3.41. The number of carbonyl (C=O) groups excluding carboxylic acids is 2. The summed E-state index contributed by atoms with van der Waals surface area (Å²) < 4.78 is 5.51. The molecule has 0 bridgehead atoms. The van der Waals surface area contributed by atoms with E-state index in [0.29, 0.717) is 19.4 Å². The van der Waals surface area contributed by atoms with E-state index < -0.39 is 12.1 Å². The minimum absolute atomic E-state index is 0.0165. The number of aliphatic hydroxyl groups excluding tert-OH is 2. The number of hydrogen-bond acceptors (Lipinski definition) is 5. The highest BCUT2D eigenvalue weighted by atomic mass is 16.5. The highest BCUT2D eigenvalue weighted by Gasteiger charge is 2.18. The molecule has 0 aliphatic rings. The number of ether oxygens (including phenoxy) is 1. The van der Waals surface area contributed by atoms with Crippen molar-refractivity contribution in [1.82, 2.24) is 5.32 Å². The van der Waals surface area contributed by atoms with Crippen molar-refractivity contribution in [2.24, 2.45) is 0 Å². The predicted octanol–water partition coefficient (Wildman–Crippen LogP) is 24.5. The van der Waals surface area contributed by atoms with Gasteiger partial charge < -0.3 is 20.3 Å². The number of aliphatic hydroxyl groups is 2. The number of carbonyl (C=O) groups is 2. The lowest BCUT2D eigenvalue weighted by Gasteiger charge is -2.20. The van der Waals surface area contributed by atoms with Crippen LogP contribution in [0.4, 0.5) is 0 Å². The molecule has 3 N–H and O–H groups in total. The summed E-state index contributed by atoms with van der Waals surface area (Å²) >= 11 is 0. The first-order valence-electron chi connectivity index (χ1n) is 37.6. The molecule has 0 fully saturated rings. The number of hydrogen-bond donors (Lipinski definition) is 3. The van der Waals surface area contributed by atoms with Gasteiger partial charge >= 0.3 is 5.97 Å². The number of unbranched alkanes of at least 4 members (excludes halogenated alkanes) is 58. The molecule has 6 heteroatoms. The van der Waals surface area contributed by atoms with E-state index in [4.69, 9.17) is 4.74 Å². The van der Waals surface area contributed by atoms with E-state index in [0.717, 1.165) is 44.9 Å². The zero-order valence-electron chi connectivity index (χ0n) is 55.8. The molecule has 0 aliphatic heterocycles. The van der Waals surface area contributed by atoms with E-state index in [1.165, 1.54) is 353 Å². The molecule has 0 radical (unpaired) electrons. The van der Waals surface area contributed by atoms with Gasteiger partial charge in [0.2, 0.25) is 5.91 Å². The first kappa shape index (κ1) is 80.3. The van der Waals surface area contributed by atoms with Gasteiger partial charge in [0.05, 0.1) is 25.4 Å². The average molecular weight is 1160 g/mol. The van der Waals surface area contributed by atoms with Gasteiger partial charge in [-0.3, -0.25) is 9.59 Å².